The summed E-state index contributed by atoms with van der Waals surface area (Å²) in [6, 6.07) is 8.20. The molecule has 0 atom stereocenters. The van der Waals surface area contributed by atoms with Gasteiger partial charge in [-0.3, -0.25) is 4.79 Å². The van der Waals surface area contributed by atoms with E-state index >= 15 is 0 Å². The SMILES string of the molecule is Cc1ccccc1CN(C)C(=O)CCNC(=O)NC1CCCCC1. The van der Waals surface area contributed by atoms with Gasteiger partial charge in [-0.05, 0) is 30.9 Å². The molecule has 1 fully saturated rings. The van der Waals surface area contributed by atoms with Gasteiger partial charge in [-0.25, -0.2) is 4.79 Å². The van der Waals surface area contributed by atoms with Gasteiger partial charge in [0.05, 0.1) is 0 Å². The lowest BCUT2D eigenvalue weighted by Gasteiger charge is -2.23. The third kappa shape index (κ3) is 5.87. The molecule has 0 unspecified atom stereocenters. The summed E-state index contributed by atoms with van der Waals surface area (Å²) in [6.45, 7) is 3.01. The van der Waals surface area contributed by atoms with Crippen LogP contribution in [0, 0.1) is 6.92 Å². The molecule has 2 rings (SSSR count). The van der Waals surface area contributed by atoms with E-state index in [0.717, 1.165) is 18.4 Å². The minimum atomic E-state index is -0.156. The van der Waals surface area contributed by atoms with E-state index < -0.39 is 0 Å². The molecular weight excluding hydrogens is 302 g/mol. The number of rotatable bonds is 6. The Morgan fingerprint density at radius 3 is 2.58 bits per heavy atom. The molecule has 1 aromatic rings. The van der Waals surface area contributed by atoms with E-state index in [0.29, 0.717) is 19.5 Å². The maximum atomic E-state index is 12.2. The highest BCUT2D eigenvalue weighted by Crippen LogP contribution is 2.17. The van der Waals surface area contributed by atoms with Crippen molar-refractivity contribution in [2.24, 2.45) is 0 Å². The molecule has 0 aliphatic heterocycles. The van der Waals surface area contributed by atoms with E-state index in [1.54, 1.807) is 11.9 Å². The van der Waals surface area contributed by atoms with Crippen molar-refractivity contribution < 1.29 is 9.59 Å². The first-order valence-corrected chi connectivity index (χ1v) is 8.89. The van der Waals surface area contributed by atoms with Crippen molar-refractivity contribution in [3.63, 3.8) is 0 Å². The van der Waals surface area contributed by atoms with Crippen LogP contribution in [0.15, 0.2) is 24.3 Å². The summed E-state index contributed by atoms with van der Waals surface area (Å²) in [4.78, 5) is 25.7. The quantitative estimate of drug-likeness (QED) is 0.842. The molecule has 0 radical (unpaired) electrons. The maximum absolute atomic E-state index is 12.2. The number of amides is 3. The van der Waals surface area contributed by atoms with E-state index in [2.05, 4.69) is 10.6 Å². The van der Waals surface area contributed by atoms with E-state index in [-0.39, 0.29) is 18.0 Å². The van der Waals surface area contributed by atoms with Crippen LogP contribution in [0.4, 0.5) is 4.79 Å². The molecule has 132 valence electrons. The predicted molar refractivity (Wildman–Crippen MR) is 95.7 cm³/mol. The van der Waals surface area contributed by atoms with E-state index in [1.165, 1.54) is 24.8 Å². The van der Waals surface area contributed by atoms with Crippen molar-refractivity contribution >= 4 is 11.9 Å². The number of carbonyl (C=O) groups excluding carboxylic acids is 2. The summed E-state index contributed by atoms with van der Waals surface area (Å²) in [5, 5.41) is 5.79. The zero-order chi connectivity index (χ0) is 17.4. The van der Waals surface area contributed by atoms with Crippen LogP contribution < -0.4 is 10.6 Å². The van der Waals surface area contributed by atoms with Gasteiger partial charge in [-0.15, -0.1) is 0 Å². The minimum Gasteiger partial charge on any atom is -0.341 e. The van der Waals surface area contributed by atoms with Gasteiger partial charge >= 0.3 is 6.03 Å². The first-order valence-electron chi connectivity index (χ1n) is 8.89. The molecule has 0 spiro atoms. The summed E-state index contributed by atoms with van der Waals surface area (Å²) in [5.74, 6) is 0.0382. The Morgan fingerprint density at radius 2 is 1.88 bits per heavy atom. The summed E-state index contributed by atoms with van der Waals surface area (Å²) in [6.07, 6.45) is 6.08. The Morgan fingerprint density at radius 1 is 1.17 bits per heavy atom. The maximum Gasteiger partial charge on any atom is 0.315 e. The van der Waals surface area contributed by atoms with E-state index in [4.69, 9.17) is 0 Å². The fourth-order valence-electron chi connectivity index (χ4n) is 3.09. The minimum absolute atomic E-state index is 0.0382. The normalized spacial score (nSPS) is 14.9. The largest absolute Gasteiger partial charge is 0.341 e. The first kappa shape index (κ1) is 18.3. The van der Waals surface area contributed by atoms with E-state index in [1.807, 2.05) is 31.2 Å². The Bertz CT molecular complexity index is 553. The van der Waals surface area contributed by atoms with Crippen LogP contribution in [0.3, 0.4) is 0 Å². The van der Waals surface area contributed by atoms with Crippen molar-refractivity contribution in [1.29, 1.82) is 0 Å². The van der Waals surface area contributed by atoms with Crippen LogP contribution in [-0.4, -0.2) is 36.5 Å². The number of urea groups is 1. The average Bonchev–Trinajstić information content (AvgIpc) is 2.57. The van der Waals surface area contributed by atoms with Gasteiger partial charge < -0.3 is 15.5 Å². The number of hydrogen-bond donors (Lipinski definition) is 2. The molecule has 3 amide bonds. The van der Waals surface area contributed by atoms with Crippen LogP contribution in [-0.2, 0) is 11.3 Å². The Hall–Kier alpha value is -2.04. The molecule has 1 saturated carbocycles. The predicted octanol–water partition coefficient (Wildman–Crippen LogP) is 2.98. The molecule has 5 heteroatoms. The highest BCUT2D eigenvalue weighted by molar-refractivity contribution is 5.78. The van der Waals surface area contributed by atoms with Crippen LogP contribution in [0.25, 0.3) is 0 Å². The topological polar surface area (TPSA) is 61.4 Å². The third-order valence-corrected chi connectivity index (χ3v) is 4.66. The van der Waals surface area contributed by atoms with Gasteiger partial charge in [-0.2, -0.15) is 0 Å². The number of nitrogens with zero attached hydrogens (tertiary/aromatic N) is 1. The Labute approximate surface area is 144 Å². The molecular formula is C19H29N3O2. The molecule has 1 aliphatic carbocycles. The van der Waals surface area contributed by atoms with Gasteiger partial charge in [0, 0.05) is 32.6 Å². The molecule has 24 heavy (non-hydrogen) atoms. The lowest BCUT2D eigenvalue weighted by molar-refractivity contribution is -0.130. The lowest BCUT2D eigenvalue weighted by Crippen LogP contribution is -2.43. The Kier molecular flexibility index (Phi) is 7.09. The van der Waals surface area contributed by atoms with Gasteiger partial charge in [0.2, 0.25) is 5.91 Å². The molecule has 1 aliphatic rings. The van der Waals surface area contributed by atoms with Crippen molar-refractivity contribution in [3.8, 4) is 0 Å². The van der Waals surface area contributed by atoms with Gasteiger partial charge in [0.25, 0.3) is 0 Å². The van der Waals surface area contributed by atoms with Crippen LogP contribution in [0.5, 0.6) is 0 Å². The van der Waals surface area contributed by atoms with Gasteiger partial charge in [-0.1, -0.05) is 43.5 Å². The highest BCUT2D eigenvalue weighted by atomic mass is 16.2. The molecule has 2 N–H and O–H groups in total. The van der Waals surface area contributed by atoms with Crippen LogP contribution in [0.2, 0.25) is 0 Å². The smallest absolute Gasteiger partial charge is 0.315 e. The van der Waals surface area contributed by atoms with E-state index in [9.17, 15) is 9.59 Å². The zero-order valence-corrected chi connectivity index (χ0v) is 14.8. The average molecular weight is 331 g/mol. The monoisotopic (exact) mass is 331 g/mol. The molecule has 5 nitrogen and oxygen atoms in total. The second kappa shape index (κ2) is 9.30. The fraction of sp³-hybridized carbons (Fsp3) is 0.579. The van der Waals surface area contributed by atoms with Crippen molar-refractivity contribution in [2.45, 2.75) is 58.0 Å². The summed E-state index contributed by atoms with van der Waals surface area (Å²) >= 11 is 0. The number of hydrogen-bond acceptors (Lipinski definition) is 2. The number of aryl methyl sites for hydroxylation is 1. The molecule has 0 heterocycles. The highest BCUT2D eigenvalue weighted by Gasteiger charge is 2.16. The molecule has 1 aromatic carbocycles. The molecule has 0 aromatic heterocycles. The molecule has 0 bridgehead atoms. The third-order valence-electron chi connectivity index (χ3n) is 4.66. The second-order valence-corrected chi connectivity index (χ2v) is 6.66. The number of nitrogens with one attached hydrogen (secondary N) is 2. The summed E-state index contributed by atoms with van der Waals surface area (Å²) in [7, 11) is 1.80. The number of carbonyl (C=O) groups is 2. The van der Waals surface area contributed by atoms with Crippen molar-refractivity contribution in [2.75, 3.05) is 13.6 Å². The summed E-state index contributed by atoms with van der Waals surface area (Å²) in [5.41, 5.74) is 2.33. The van der Waals surface area contributed by atoms with Gasteiger partial charge in [0.1, 0.15) is 0 Å². The summed E-state index contributed by atoms with van der Waals surface area (Å²) < 4.78 is 0. The first-order chi connectivity index (χ1) is 11.6. The zero-order valence-electron chi connectivity index (χ0n) is 14.8. The number of benzene rings is 1. The lowest BCUT2D eigenvalue weighted by atomic mass is 9.96. The Balaban J connectivity index is 1.66. The van der Waals surface area contributed by atoms with Crippen molar-refractivity contribution in [1.82, 2.24) is 15.5 Å². The van der Waals surface area contributed by atoms with Crippen molar-refractivity contribution in [3.05, 3.63) is 35.4 Å². The van der Waals surface area contributed by atoms with Crippen LogP contribution in [0.1, 0.15) is 49.7 Å². The standard InChI is InChI=1S/C19H29N3O2/c1-15-8-6-7-9-16(15)14-22(2)18(23)12-13-20-19(24)21-17-10-4-3-5-11-17/h6-9,17H,3-5,10-14H2,1-2H3,(H2,20,21,24). The van der Waals surface area contributed by atoms with Gasteiger partial charge in [0.15, 0.2) is 0 Å². The van der Waals surface area contributed by atoms with Crippen LogP contribution >= 0.6 is 0 Å². The second-order valence-electron chi connectivity index (χ2n) is 6.66. The fourth-order valence-corrected chi connectivity index (χ4v) is 3.09. The molecule has 0 saturated heterocycles.